The summed E-state index contributed by atoms with van der Waals surface area (Å²) < 4.78 is 4.81. The van der Waals surface area contributed by atoms with Crippen LogP contribution in [0.5, 0.6) is 0 Å². The van der Waals surface area contributed by atoms with Gasteiger partial charge in [-0.15, -0.1) is 11.8 Å². The SMILES string of the molecule is COC(=O)[C@@H]1CN(C(=S)Nc2ccc(C)c(C)c2)CCS1. The van der Waals surface area contributed by atoms with Crippen molar-refractivity contribution in [3.05, 3.63) is 29.3 Å². The summed E-state index contributed by atoms with van der Waals surface area (Å²) in [6.45, 7) is 5.59. The Morgan fingerprint density at radius 2 is 2.19 bits per heavy atom. The van der Waals surface area contributed by atoms with Gasteiger partial charge in [0.1, 0.15) is 5.25 Å². The van der Waals surface area contributed by atoms with Gasteiger partial charge >= 0.3 is 5.97 Å². The Hall–Kier alpha value is -1.27. The zero-order valence-corrected chi connectivity index (χ0v) is 14.1. The highest BCUT2D eigenvalue weighted by Crippen LogP contribution is 2.21. The van der Waals surface area contributed by atoms with Crippen molar-refractivity contribution >= 4 is 40.7 Å². The molecule has 1 saturated heterocycles. The van der Waals surface area contributed by atoms with Crippen molar-refractivity contribution in [2.24, 2.45) is 0 Å². The van der Waals surface area contributed by atoms with Crippen LogP contribution in [0.25, 0.3) is 0 Å². The van der Waals surface area contributed by atoms with Crippen molar-refractivity contribution in [3.63, 3.8) is 0 Å². The fourth-order valence-corrected chi connectivity index (χ4v) is 3.54. The smallest absolute Gasteiger partial charge is 0.320 e. The van der Waals surface area contributed by atoms with Gasteiger partial charge < -0.3 is 15.0 Å². The minimum Gasteiger partial charge on any atom is -0.468 e. The third-order valence-electron chi connectivity index (χ3n) is 3.58. The van der Waals surface area contributed by atoms with Crippen molar-refractivity contribution in [3.8, 4) is 0 Å². The summed E-state index contributed by atoms with van der Waals surface area (Å²) in [5.74, 6) is 0.688. The van der Waals surface area contributed by atoms with Crippen LogP contribution < -0.4 is 5.32 Å². The first-order valence-electron chi connectivity index (χ1n) is 6.84. The number of nitrogens with one attached hydrogen (secondary N) is 1. The lowest BCUT2D eigenvalue weighted by molar-refractivity contribution is -0.140. The lowest BCUT2D eigenvalue weighted by Gasteiger charge is -2.33. The monoisotopic (exact) mass is 324 g/mol. The van der Waals surface area contributed by atoms with E-state index in [9.17, 15) is 4.79 Å². The van der Waals surface area contributed by atoms with Crippen molar-refractivity contribution in [1.29, 1.82) is 0 Å². The second-order valence-corrected chi connectivity index (χ2v) is 6.76. The van der Waals surface area contributed by atoms with Crippen LogP contribution in [-0.4, -0.2) is 47.2 Å². The maximum Gasteiger partial charge on any atom is 0.320 e. The van der Waals surface area contributed by atoms with E-state index in [1.165, 1.54) is 18.2 Å². The molecule has 0 aromatic heterocycles. The van der Waals surface area contributed by atoms with Gasteiger partial charge in [-0.3, -0.25) is 4.79 Å². The van der Waals surface area contributed by atoms with Crippen molar-refractivity contribution < 1.29 is 9.53 Å². The topological polar surface area (TPSA) is 41.6 Å². The molecule has 0 saturated carbocycles. The minimum absolute atomic E-state index is 0.164. The lowest BCUT2D eigenvalue weighted by atomic mass is 10.1. The Morgan fingerprint density at radius 3 is 2.86 bits per heavy atom. The number of hydrogen-bond donors (Lipinski definition) is 1. The Bertz CT molecular complexity index is 548. The van der Waals surface area contributed by atoms with Crippen LogP contribution in [0.4, 0.5) is 5.69 Å². The number of carbonyl (C=O) groups is 1. The third-order valence-corrected chi connectivity index (χ3v) is 5.10. The summed E-state index contributed by atoms with van der Waals surface area (Å²) in [5.41, 5.74) is 3.46. The zero-order chi connectivity index (χ0) is 15.4. The number of hydrogen-bond acceptors (Lipinski definition) is 4. The van der Waals surface area contributed by atoms with Gasteiger partial charge in [0, 0.05) is 24.5 Å². The molecule has 1 aromatic rings. The largest absolute Gasteiger partial charge is 0.468 e. The first-order valence-corrected chi connectivity index (χ1v) is 8.29. The molecule has 0 unspecified atom stereocenters. The summed E-state index contributed by atoms with van der Waals surface area (Å²) in [4.78, 5) is 13.7. The Balaban J connectivity index is 1.99. The Morgan fingerprint density at radius 1 is 1.43 bits per heavy atom. The molecule has 1 fully saturated rings. The fraction of sp³-hybridized carbons (Fsp3) is 0.467. The summed E-state index contributed by atoms with van der Waals surface area (Å²) in [5, 5.41) is 3.75. The lowest BCUT2D eigenvalue weighted by Crippen LogP contribution is -2.46. The van der Waals surface area contributed by atoms with Gasteiger partial charge in [-0.2, -0.15) is 0 Å². The standard InChI is InChI=1S/C15H20N2O2S2/c1-10-4-5-12(8-11(10)2)16-15(20)17-6-7-21-13(9-17)14(18)19-3/h4-5,8,13H,6-7,9H2,1-3H3,(H,16,20)/t13-/m0/s1. The fourth-order valence-electron chi connectivity index (χ4n) is 2.13. The molecule has 1 aliphatic rings. The highest BCUT2D eigenvalue weighted by Gasteiger charge is 2.28. The van der Waals surface area contributed by atoms with Crippen molar-refractivity contribution in [2.75, 3.05) is 31.3 Å². The molecular weight excluding hydrogens is 304 g/mol. The quantitative estimate of drug-likeness (QED) is 0.666. The molecule has 0 aliphatic carbocycles. The van der Waals surface area contributed by atoms with Crippen LogP contribution in [0.3, 0.4) is 0 Å². The molecular formula is C15H20N2O2S2. The van der Waals surface area contributed by atoms with Gasteiger partial charge in [0.15, 0.2) is 5.11 Å². The molecule has 1 atom stereocenters. The number of nitrogens with zero attached hydrogens (tertiary/aromatic N) is 1. The van der Waals surface area contributed by atoms with Gasteiger partial charge in [-0.25, -0.2) is 0 Å². The van der Waals surface area contributed by atoms with Crippen LogP contribution in [0.15, 0.2) is 18.2 Å². The molecule has 114 valence electrons. The molecule has 2 rings (SSSR count). The molecule has 0 bridgehead atoms. The van der Waals surface area contributed by atoms with E-state index in [1.54, 1.807) is 11.8 Å². The van der Waals surface area contributed by atoms with Gasteiger partial charge in [-0.05, 0) is 49.3 Å². The second-order valence-electron chi connectivity index (χ2n) is 5.06. The van der Waals surface area contributed by atoms with E-state index in [1.807, 2.05) is 11.0 Å². The van der Waals surface area contributed by atoms with Crippen LogP contribution in [-0.2, 0) is 9.53 Å². The molecule has 1 aliphatic heterocycles. The third kappa shape index (κ3) is 4.11. The van der Waals surface area contributed by atoms with Crippen LogP contribution in [0.2, 0.25) is 0 Å². The number of anilines is 1. The van der Waals surface area contributed by atoms with Crippen LogP contribution in [0.1, 0.15) is 11.1 Å². The number of ether oxygens (including phenoxy) is 1. The number of carbonyl (C=O) groups excluding carboxylic acids is 1. The molecule has 1 aromatic carbocycles. The van der Waals surface area contributed by atoms with E-state index >= 15 is 0 Å². The normalized spacial score (nSPS) is 18.2. The number of thiocarbonyl (C=S) groups is 1. The number of benzene rings is 1. The minimum atomic E-state index is -0.182. The van der Waals surface area contributed by atoms with E-state index in [4.69, 9.17) is 17.0 Å². The number of thioether (sulfide) groups is 1. The average molecular weight is 324 g/mol. The predicted molar refractivity (Wildman–Crippen MR) is 92.0 cm³/mol. The summed E-state index contributed by atoms with van der Waals surface area (Å²) in [6, 6.07) is 6.17. The maximum atomic E-state index is 11.6. The molecule has 1 N–H and O–H groups in total. The van der Waals surface area contributed by atoms with E-state index < -0.39 is 0 Å². The van der Waals surface area contributed by atoms with E-state index in [0.717, 1.165) is 18.0 Å². The summed E-state index contributed by atoms with van der Waals surface area (Å²) in [6.07, 6.45) is 0. The second kappa shape index (κ2) is 7.13. The van der Waals surface area contributed by atoms with Crippen molar-refractivity contribution in [2.45, 2.75) is 19.1 Å². The number of methoxy groups -OCH3 is 1. The molecule has 0 radical (unpaired) electrons. The average Bonchev–Trinajstić information content (AvgIpc) is 2.50. The van der Waals surface area contributed by atoms with E-state index in [2.05, 4.69) is 31.3 Å². The van der Waals surface area contributed by atoms with Gasteiger partial charge in [0.2, 0.25) is 0 Å². The highest BCUT2D eigenvalue weighted by atomic mass is 32.2. The number of esters is 1. The van der Waals surface area contributed by atoms with Crippen LogP contribution >= 0.6 is 24.0 Å². The zero-order valence-electron chi connectivity index (χ0n) is 12.5. The van der Waals surface area contributed by atoms with Gasteiger partial charge in [0.25, 0.3) is 0 Å². The predicted octanol–water partition coefficient (Wildman–Crippen LogP) is 2.59. The highest BCUT2D eigenvalue weighted by molar-refractivity contribution is 8.00. The molecule has 6 heteroatoms. The molecule has 21 heavy (non-hydrogen) atoms. The van der Waals surface area contributed by atoms with Crippen LogP contribution in [0, 0.1) is 13.8 Å². The van der Waals surface area contributed by atoms with Gasteiger partial charge in [-0.1, -0.05) is 6.07 Å². The number of aryl methyl sites for hydroxylation is 2. The summed E-state index contributed by atoms with van der Waals surface area (Å²) in [7, 11) is 1.42. The molecule has 1 heterocycles. The molecule has 0 amide bonds. The Kier molecular flexibility index (Phi) is 5.47. The molecule has 4 nitrogen and oxygen atoms in total. The first-order chi connectivity index (χ1) is 10.0. The van der Waals surface area contributed by atoms with Gasteiger partial charge in [0.05, 0.1) is 7.11 Å². The maximum absolute atomic E-state index is 11.6. The van der Waals surface area contributed by atoms with Crippen molar-refractivity contribution in [1.82, 2.24) is 4.90 Å². The number of rotatable bonds is 2. The first kappa shape index (κ1) is 16.1. The summed E-state index contributed by atoms with van der Waals surface area (Å²) >= 11 is 7.09. The van der Waals surface area contributed by atoms with E-state index in [0.29, 0.717) is 11.7 Å². The molecule has 0 spiro atoms. The van der Waals surface area contributed by atoms with E-state index in [-0.39, 0.29) is 11.2 Å². The Labute approximate surface area is 135 Å².